The Labute approximate surface area is 208 Å². The minimum Gasteiger partial charge on any atom is -0.857 e. The molecule has 0 aliphatic heterocycles. The molecular weight excluding hydrogens is 466 g/mol. The van der Waals surface area contributed by atoms with Gasteiger partial charge in [-0.25, -0.2) is 23.9 Å². The SMILES string of the molecule is CC1=[C-]C(C)(C)C(C)=C1C.C[O-].O=C(O)c1ccc(F)cc1.O=C(O)c1ccc(F)cc1.[Ti+2]. The molecule has 0 bridgehead atoms. The van der Waals surface area contributed by atoms with E-state index in [1.54, 1.807) is 0 Å². The number of hydrogen-bond acceptors (Lipinski definition) is 3. The van der Waals surface area contributed by atoms with E-state index < -0.39 is 23.6 Å². The molecule has 0 heterocycles. The summed E-state index contributed by atoms with van der Waals surface area (Å²) in [6, 6.07) is 9.34. The molecule has 2 aromatic rings. The first-order valence-corrected chi connectivity index (χ1v) is 9.53. The fourth-order valence-electron chi connectivity index (χ4n) is 2.59. The van der Waals surface area contributed by atoms with Crippen LogP contribution in [0.3, 0.4) is 0 Å². The molecule has 0 saturated carbocycles. The fourth-order valence-corrected chi connectivity index (χ4v) is 2.59. The Morgan fingerprint density at radius 1 is 0.788 bits per heavy atom. The van der Waals surface area contributed by atoms with Crippen molar-refractivity contribution < 1.29 is 55.4 Å². The molecule has 8 heteroatoms. The second-order valence-corrected chi connectivity index (χ2v) is 7.25. The van der Waals surface area contributed by atoms with Gasteiger partial charge >= 0.3 is 33.7 Å². The Bertz CT molecular complexity index is 908. The molecule has 0 unspecified atom stereocenters. The second-order valence-electron chi connectivity index (χ2n) is 7.25. The van der Waals surface area contributed by atoms with Gasteiger partial charge in [-0.1, -0.05) is 33.1 Å². The first-order chi connectivity index (χ1) is 14.8. The van der Waals surface area contributed by atoms with Crippen molar-refractivity contribution >= 4 is 11.9 Å². The van der Waals surface area contributed by atoms with Crippen LogP contribution >= 0.6 is 0 Å². The summed E-state index contributed by atoms with van der Waals surface area (Å²) in [5.74, 6) is -2.94. The van der Waals surface area contributed by atoms with Crippen LogP contribution in [0.5, 0.6) is 0 Å². The molecule has 0 spiro atoms. The van der Waals surface area contributed by atoms with Crippen LogP contribution in [-0.4, -0.2) is 29.3 Å². The summed E-state index contributed by atoms with van der Waals surface area (Å²) in [6.45, 7) is 10.9. The number of rotatable bonds is 2. The maximum atomic E-state index is 12.2. The smallest absolute Gasteiger partial charge is 0.857 e. The average Bonchev–Trinajstić information content (AvgIpc) is 2.92. The van der Waals surface area contributed by atoms with Crippen LogP contribution in [0.1, 0.15) is 55.3 Å². The summed E-state index contributed by atoms with van der Waals surface area (Å²) in [6.07, 6.45) is 3.44. The molecule has 0 atom stereocenters. The molecular formula is C25H28F2O5Ti. The van der Waals surface area contributed by atoms with Gasteiger partial charge < -0.3 is 15.3 Å². The molecule has 0 radical (unpaired) electrons. The molecule has 2 N–H and O–H groups in total. The van der Waals surface area contributed by atoms with E-state index >= 15 is 0 Å². The third-order valence-electron chi connectivity index (χ3n) is 4.74. The van der Waals surface area contributed by atoms with Crippen molar-refractivity contribution in [1.82, 2.24) is 0 Å². The number of allylic oxidation sites excluding steroid dienone is 4. The molecule has 33 heavy (non-hydrogen) atoms. The zero-order valence-corrected chi connectivity index (χ0v) is 21.1. The first kappa shape index (κ1) is 32.6. The van der Waals surface area contributed by atoms with Gasteiger partial charge in [0.05, 0.1) is 11.1 Å². The normalized spacial score (nSPS) is 12.9. The number of carbonyl (C=O) groups is 2. The topological polar surface area (TPSA) is 97.7 Å². The van der Waals surface area contributed by atoms with Crippen LogP contribution in [0.2, 0.25) is 0 Å². The summed E-state index contributed by atoms with van der Waals surface area (Å²) >= 11 is 0. The molecule has 1 aliphatic rings. The summed E-state index contributed by atoms with van der Waals surface area (Å²) < 4.78 is 24.3. The maximum Gasteiger partial charge on any atom is 2.00 e. The van der Waals surface area contributed by atoms with Crippen LogP contribution in [0.4, 0.5) is 8.78 Å². The van der Waals surface area contributed by atoms with E-state index in [0.717, 1.165) is 31.4 Å². The van der Waals surface area contributed by atoms with Crippen molar-refractivity contribution in [3.05, 3.63) is 94.1 Å². The van der Waals surface area contributed by atoms with E-state index in [9.17, 15) is 18.4 Å². The van der Waals surface area contributed by atoms with E-state index in [-0.39, 0.29) is 38.3 Å². The van der Waals surface area contributed by atoms with E-state index in [0.29, 0.717) is 0 Å². The minimum atomic E-state index is -1.04. The molecule has 176 valence electrons. The van der Waals surface area contributed by atoms with Crippen molar-refractivity contribution in [1.29, 1.82) is 0 Å². The summed E-state index contributed by atoms with van der Waals surface area (Å²) in [7, 11) is 0.750. The predicted octanol–water partition coefficient (Wildman–Crippen LogP) is 5.13. The Morgan fingerprint density at radius 2 is 1.09 bits per heavy atom. The van der Waals surface area contributed by atoms with Crippen molar-refractivity contribution in [3.8, 4) is 0 Å². The number of benzene rings is 2. The Morgan fingerprint density at radius 3 is 1.24 bits per heavy atom. The quantitative estimate of drug-likeness (QED) is 0.446. The Kier molecular flexibility index (Phi) is 15.1. The molecule has 0 amide bonds. The summed E-state index contributed by atoms with van der Waals surface area (Å²) in [5, 5.41) is 25.0. The zero-order chi connectivity index (χ0) is 25.1. The van der Waals surface area contributed by atoms with Gasteiger partial charge in [-0.3, -0.25) is 6.08 Å². The van der Waals surface area contributed by atoms with Crippen LogP contribution in [-0.2, 0) is 21.7 Å². The van der Waals surface area contributed by atoms with E-state index in [1.807, 2.05) is 0 Å². The number of halogens is 2. The van der Waals surface area contributed by atoms with Crippen LogP contribution in [0, 0.1) is 23.1 Å². The van der Waals surface area contributed by atoms with Gasteiger partial charge in [-0.05, 0) is 48.5 Å². The van der Waals surface area contributed by atoms with E-state index in [4.69, 9.17) is 15.3 Å². The third-order valence-corrected chi connectivity index (χ3v) is 4.74. The van der Waals surface area contributed by atoms with Crippen molar-refractivity contribution in [3.63, 3.8) is 0 Å². The number of aromatic carboxylic acids is 2. The third kappa shape index (κ3) is 11.2. The van der Waals surface area contributed by atoms with Gasteiger partial charge in [0, 0.05) is 0 Å². The van der Waals surface area contributed by atoms with Crippen LogP contribution in [0.25, 0.3) is 0 Å². The van der Waals surface area contributed by atoms with Crippen LogP contribution < -0.4 is 5.11 Å². The minimum absolute atomic E-state index is 0. The summed E-state index contributed by atoms with van der Waals surface area (Å²) in [4.78, 5) is 20.4. The monoisotopic (exact) mass is 494 g/mol. The Balaban J connectivity index is 0. The van der Waals surface area contributed by atoms with Crippen molar-refractivity contribution in [2.45, 2.75) is 34.6 Å². The van der Waals surface area contributed by atoms with Crippen LogP contribution in [0.15, 0.2) is 65.3 Å². The van der Waals surface area contributed by atoms with Gasteiger partial charge in [0.25, 0.3) is 0 Å². The zero-order valence-electron chi connectivity index (χ0n) is 19.5. The molecule has 3 rings (SSSR count). The molecule has 0 fully saturated rings. The van der Waals surface area contributed by atoms with Gasteiger partial charge in [0.1, 0.15) is 11.6 Å². The van der Waals surface area contributed by atoms with Crippen molar-refractivity contribution in [2.75, 3.05) is 7.11 Å². The molecule has 1 aliphatic carbocycles. The fraction of sp³-hybridized carbons (Fsp3) is 0.280. The average molecular weight is 494 g/mol. The summed E-state index contributed by atoms with van der Waals surface area (Å²) in [5.41, 5.74) is 4.59. The number of hydrogen-bond donors (Lipinski definition) is 2. The molecule has 2 aromatic carbocycles. The van der Waals surface area contributed by atoms with Gasteiger partial charge in [0.15, 0.2) is 0 Å². The van der Waals surface area contributed by atoms with Gasteiger partial charge in [0.2, 0.25) is 0 Å². The Hall–Kier alpha value is -2.61. The molecule has 5 nitrogen and oxygen atoms in total. The molecule has 0 saturated heterocycles. The number of carboxylic acids is 2. The van der Waals surface area contributed by atoms with E-state index in [2.05, 4.69) is 40.7 Å². The van der Waals surface area contributed by atoms with Gasteiger partial charge in [-0.2, -0.15) is 18.3 Å². The largest absolute Gasteiger partial charge is 2.00 e. The molecule has 0 aromatic heterocycles. The van der Waals surface area contributed by atoms with E-state index in [1.165, 1.54) is 41.0 Å². The van der Waals surface area contributed by atoms with Crippen molar-refractivity contribution in [2.24, 2.45) is 5.41 Å². The number of carboxylic acid groups (broad SMARTS) is 2. The maximum absolute atomic E-state index is 12.2. The predicted molar refractivity (Wildman–Crippen MR) is 117 cm³/mol. The first-order valence-electron chi connectivity index (χ1n) is 9.53. The standard InChI is InChI=1S/C10H15.2C7H5FO2.CH3O.Ti/c1-7-6-10(4,5)9(3)8(7)2;2*8-6-3-1-5(2-4-6)7(9)10;1-2;/h1-5H3;2*1-4H,(H,9,10);1H3;/q-1;;;-1;+2. The second kappa shape index (κ2) is 15.3. The van der Waals surface area contributed by atoms with Gasteiger partial charge in [-0.15, -0.1) is 6.92 Å².